The number of hydrogen-bond donors (Lipinski definition) is 1. The average molecular weight is 420 g/mol. The molecule has 1 heterocycles. The molecule has 128 valence electrons. The van der Waals surface area contributed by atoms with Gasteiger partial charge in [-0.2, -0.15) is 0 Å². The zero-order valence-corrected chi connectivity index (χ0v) is 16.5. The van der Waals surface area contributed by atoms with Gasteiger partial charge in [0, 0.05) is 29.3 Å². The van der Waals surface area contributed by atoms with Gasteiger partial charge in [0.1, 0.15) is 0 Å². The van der Waals surface area contributed by atoms with Gasteiger partial charge in [-0.05, 0) is 50.9 Å². The van der Waals surface area contributed by atoms with Gasteiger partial charge < -0.3 is 15.1 Å². The molecule has 0 radical (unpaired) electrons. The molecule has 23 heavy (non-hydrogen) atoms. The van der Waals surface area contributed by atoms with Crippen LogP contribution in [0.15, 0.2) is 28.7 Å². The molecule has 1 atom stereocenters. The standard InChI is InChI=1S/C15H22BrN3O2S2/c1-18(2)7-8-19(14-6-9-23(20,21)11-14)15(22)17-13-5-3-4-12(16)10-13/h3-5,10,14H,6-9,11H2,1-2H3,(H,17,22)/t14-/m0/s1. The molecule has 5 nitrogen and oxygen atoms in total. The van der Waals surface area contributed by atoms with Crippen molar-refractivity contribution in [2.45, 2.75) is 12.5 Å². The van der Waals surface area contributed by atoms with Gasteiger partial charge >= 0.3 is 0 Å². The summed E-state index contributed by atoms with van der Waals surface area (Å²) >= 11 is 8.99. The van der Waals surface area contributed by atoms with Crippen LogP contribution in [0.25, 0.3) is 0 Å². The lowest BCUT2D eigenvalue weighted by molar-refractivity contribution is 0.289. The monoisotopic (exact) mass is 419 g/mol. The number of sulfone groups is 1. The van der Waals surface area contributed by atoms with E-state index in [-0.39, 0.29) is 17.5 Å². The molecule has 1 aromatic carbocycles. The molecule has 0 unspecified atom stereocenters. The Balaban J connectivity index is 2.10. The number of nitrogens with one attached hydrogen (secondary N) is 1. The first-order valence-electron chi connectivity index (χ1n) is 7.45. The molecule has 0 saturated carbocycles. The van der Waals surface area contributed by atoms with E-state index >= 15 is 0 Å². The predicted octanol–water partition coefficient (Wildman–Crippen LogP) is 2.20. The molecule has 1 aliphatic heterocycles. The van der Waals surface area contributed by atoms with E-state index in [1.54, 1.807) is 0 Å². The van der Waals surface area contributed by atoms with Gasteiger partial charge in [-0.3, -0.25) is 0 Å². The zero-order valence-electron chi connectivity index (χ0n) is 13.3. The highest BCUT2D eigenvalue weighted by Gasteiger charge is 2.33. The molecule has 8 heteroatoms. The van der Waals surface area contributed by atoms with Crippen LogP contribution in [0.4, 0.5) is 5.69 Å². The number of likely N-dealkylation sites (N-methyl/N-ethyl adjacent to an activating group) is 1. The van der Waals surface area contributed by atoms with Gasteiger partial charge in [0.05, 0.1) is 11.5 Å². The fraction of sp³-hybridized carbons (Fsp3) is 0.533. The number of halogens is 1. The van der Waals surface area contributed by atoms with Crippen molar-refractivity contribution in [3.63, 3.8) is 0 Å². The highest BCUT2D eigenvalue weighted by atomic mass is 79.9. The van der Waals surface area contributed by atoms with Crippen LogP contribution in [0.2, 0.25) is 0 Å². The normalized spacial score (nSPS) is 19.7. The Morgan fingerprint density at radius 3 is 2.70 bits per heavy atom. The fourth-order valence-corrected chi connectivity index (χ4v) is 5.03. The second kappa shape index (κ2) is 7.92. The SMILES string of the molecule is CN(C)CCN(C(=S)Nc1cccc(Br)c1)[C@H]1CCS(=O)(=O)C1. The second-order valence-corrected chi connectivity index (χ2v) is 9.53. The molecule has 0 aliphatic carbocycles. The summed E-state index contributed by atoms with van der Waals surface area (Å²) in [6, 6.07) is 7.71. The summed E-state index contributed by atoms with van der Waals surface area (Å²) < 4.78 is 24.6. The third-order valence-electron chi connectivity index (χ3n) is 3.77. The van der Waals surface area contributed by atoms with Crippen LogP contribution in [0.5, 0.6) is 0 Å². The van der Waals surface area contributed by atoms with Crippen LogP contribution in [0.1, 0.15) is 6.42 Å². The third-order valence-corrected chi connectivity index (χ3v) is 6.35. The number of anilines is 1. The number of rotatable bonds is 5. The smallest absolute Gasteiger partial charge is 0.173 e. The average Bonchev–Trinajstić information content (AvgIpc) is 2.78. The highest BCUT2D eigenvalue weighted by molar-refractivity contribution is 9.10. The maximum Gasteiger partial charge on any atom is 0.173 e. The minimum atomic E-state index is -2.94. The lowest BCUT2D eigenvalue weighted by atomic mass is 10.2. The fourth-order valence-electron chi connectivity index (χ4n) is 2.54. The molecule has 1 N–H and O–H groups in total. The number of hydrogen-bond acceptors (Lipinski definition) is 4. The Labute approximate surface area is 152 Å². The Kier molecular flexibility index (Phi) is 6.41. The van der Waals surface area contributed by atoms with Crippen LogP contribution < -0.4 is 5.32 Å². The first-order chi connectivity index (χ1) is 10.8. The van der Waals surface area contributed by atoms with Crippen LogP contribution in [-0.2, 0) is 9.84 Å². The predicted molar refractivity (Wildman–Crippen MR) is 103 cm³/mol. The maximum atomic E-state index is 11.8. The summed E-state index contributed by atoms with van der Waals surface area (Å²) in [5.74, 6) is 0.427. The van der Waals surface area contributed by atoms with Gasteiger partial charge in [-0.25, -0.2) is 8.42 Å². The summed E-state index contributed by atoms with van der Waals surface area (Å²) in [6.45, 7) is 1.52. The first kappa shape index (κ1) is 18.6. The highest BCUT2D eigenvalue weighted by Crippen LogP contribution is 2.20. The number of benzene rings is 1. The largest absolute Gasteiger partial charge is 0.344 e. The minimum Gasteiger partial charge on any atom is -0.344 e. The Morgan fingerprint density at radius 1 is 1.39 bits per heavy atom. The van der Waals surface area contributed by atoms with Crippen molar-refractivity contribution in [1.29, 1.82) is 0 Å². The van der Waals surface area contributed by atoms with Gasteiger partial charge in [0.25, 0.3) is 0 Å². The van der Waals surface area contributed by atoms with Crippen LogP contribution >= 0.6 is 28.1 Å². The molecule has 0 amide bonds. The Morgan fingerprint density at radius 2 is 2.13 bits per heavy atom. The molecule has 2 rings (SSSR count). The van der Waals surface area contributed by atoms with Crippen molar-refractivity contribution >= 4 is 48.8 Å². The van der Waals surface area contributed by atoms with Crippen LogP contribution in [0, 0.1) is 0 Å². The molecule has 0 bridgehead atoms. The van der Waals surface area contributed by atoms with Gasteiger partial charge in [-0.1, -0.05) is 22.0 Å². The van der Waals surface area contributed by atoms with Crippen LogP contribution in [0.3, 0.4) is 0 Å². The van der Waals surface area contributed by atoms with Crippen molar-refractivity contribution in [3.05, 3.63) is 28.7 Å². The Bertz CT molecular complexity index is 664. The first-order valence-corrected chi connectivity index (χ1v) is 10.5. The van der Waals surface area contributed by atoms with Crippen LogP contribution in [-0.4, -0.2) is 68.1 Å². The van der Waals surface area contributed by atoms with E-state index < -0.39 is 9.84 Å². The third kappa shape index (κ3) is 5.70. The summed E-state index contributed by atoms with van der Waals surface area (Å²) in [5.41, 5.74) is 0.889. The number of thiocarbonyl (C=S) groups is 1. The molecular weight excluding hydrogens is 398 g/mol. The van der Waals surface area contributed by atoms with Crippen molar-refractivity contribution in [2.24, 2.45) is 0 Å². The van der Waals surface area contributed by atoms with Crippen molar-refractivity contribution in [1.82, 2.24) is 9.80 Å². The quantitative estimate of drug-likeness (QED) is 0.738. The topological polar surface area (TPSA) is 52.6 Å². The maximum absolute atomic E-state index is 11.8. The molecule has 1 saturated heterocycles. The molecule has 1 aliphatic rings. The summed E-state index contributed by atoms with van der Waals surface area (Å²) in [4.78, 5) is 4.08. The molecular formula is C15H22BrN3O2S2. The summed E-state index contributed by atoms with van der Waals surface area (Å²) in [5, 5.41) is 3.80. The van der Waals surface area contributed by atoms with E-state index in [2.05, 4.69) is 26.1 Å². The zero-order chi connectivity index (χ0) is 17.0. The lowest BCUT2D eigenvalue weighted by Gasteiger charge is -2.32. The van der Waals surface area contributed by atoms with Gasteiger partial charge in [0.2, 0.25) is 0 Å². The second-order valence-electron chi connectivity index (χ2n) is 5.99. The molecule has 0 aromatic heterocycles. The van der Waals surface area contributed by atoms with Gasteiger partial charge in [0.15, 0.2) is 14.9 Å². The van der Waals surface area contributed by atoms with E-state index in [9.17, 15) is 8.42 Å². The molecule has 1 fully saturated rings. The summed E-state index contributed by atoms with van der Waals surface area (Å²) in [7, 11) is 1.05. The minimum absolute atomic E-state index is 0.0490. The van der Waals surface area contributed by atoms with E-state index in [0.717, 1.165) is 16.7 Å². The molecule has 1 aromatic rings. The van der Waals surface area contributed by atoms with E-state index in [1.165, 1.54) is 0 Å². The van der Waals surface area contributed by atoms with Crippen molar-refractivity contribution in [3.8, 4) is 0 Å². The lowest BCUT2D eigenvalue weighted by Crippen LogP contribution is -2.46. The Hall–Kier alpha value is -0.700. The van der Waals surface area contributed by atoms with Crippen molar-refractivity contribution < 1.29 is 8.42 Å². The number of nitrogens with zero attached hydrogens (tertiary/aromatic N) is 2. The van der Waals surface area contributed by atoms with E-state index in [4.69, 9.17) is 12.2 Å². The van der Waals surface area contributed by atoms with E-state index in [0.29, 0.717) is 18.1 Å². The van der Waals surface area contributed by atoms with Crippen molar-refractivity contribution in [2.75, 3.05) is 44.0 Å². The van der Waals surface area contributed by atoms with Gasteiger partial charge in [-0.15, -0.1) is 0 Å². The summed E-state index contributed by atoms with van der Waals surface area (Å²) in [6.07, 6.45) is 0.635. The molecule has 0 spiro atoms. The van der Waals surface area contributed by atoms with E-state index in [1.807, 2.05) is 43.3 Å².